The highest BCUT2D eigenvalue weighted by molar-refractivity contribution is 9.10. The minimum atomic E-state index is -0.341. The largest absolute Gasteiger partial charge is 0.397 e. The number of nitrogens with one attached hydrogen (secondary N) is 1. The van der Waals surface area contributed by atoms with Crippen LogP contribution >= 0.6 is 15.9 Å². The van der Waals surface area contributed by atoms with Crippen molar-refractivity contribution in [2.75, 3.05) is 11.1 Å². The van der Waals surface area contributed by atoms with Crippen LogP contribution < -0.4 is 11.1 Å². The number of nitrogens with two attached hydrogens (primary N) is 1. The molecule has 0 amide bonds. The van der Waals surface area contributed by atoms with Gasteiger partial charge in [-0.3, -0.25) is 4.68 Å². The number of hydrogen-bond acceptors (Lipinski definition) is 3. The number of rotatable bonds is 3. The summed E-state index contributed by atoms with van der Waals surface area (Å²) in [4.78, 5) is 0. The second-order valence-electron chi connectivity index (χ2n) is 3.65. The molecular formula is C11H12BrFN4. The Morgan fingerprint density at radius 1 is 1.53 bits per heavy atom. The maximum absolute atomic E-state index is 13.3. The summed E-state index contributed by atoms with van der Waals surface area (Å²) in [5.41, 5.74) is 7.86. The Kier molecular flexibility index (Phi) is 3.33. The average Bonchev–Trinajstić information content (AvgIpc) is 2.68. The zero-order valence-electron chi connectivity index (χ0n) is 9.24. The molecule has 2 aromatic rings. The van der Waals surface area contributed by atoms with Crippen LogP contribution in [-0.2, 0) is 13.6 Å². The van der Waals surface area contributed by atoms with Crippen LogP contribution in [0.25, 0.3) is 0 Å². The number of hydrogen-bond donors (Lipinski definition) is 2. The van der Waals surface area contributed by atoms with E-state index >= 15 is 0 Å². The molecule has 0 saturated carbocycles. The molecule has 0 aliphatic carbocycles. The van der Waals surface area contributed by atoms with E-state index in [-0.39, 0.29) is 5.82 Å². The van der Waals surface area contributed by atoms with Gasteiger partial charge in [0, 0.05) is 19.3 Å². The van der Waals surface area contributed by atoms with Crippen LogP contribution in [0.1, 0.15) is 5.69 Å². The Hall–Kier alpha value is -1.56. The fourth-order valence-electron chi connectivity index (χ4n) is 1.48. The van der Waals surface area contributed by atoms with Crippen molar-refractivity contribution in [1.82, 2.24) is 9.78 Å². The van der Waals surface area contributed by atoms with Crippen LogP contribution in [0, 0.1) is 5.82 Å². The number of nitrogens with zero attached hydrogens (tertiary/aromatic N) is 2. The van der Waals surface area contributed by atoms with E-state index in [4.69, 9.17) is 5.73 Å². The molecule has 0 aliphatic heterocycles. The molecule has 0 bridgehead atoms. The third kappa shape index (κ3) is 2.58. The van der Waals surface area contributed by atoms with Gasteiger partial charge in [0.15, 0.2) is 0 Å². The maximum Gasteiger partial charge on any atom is 0.139 e. The van der Waals surface area contributed by atoms with Gasteiger partial charge in [-0.25, -0.2) is 4.39 Å². The zero-order chi connectivity index (χ0) is 12.4. The van der Waals surface area contributed by atoms with E-state index in [2.05, 4.69) is 26.3 Å². The molecule has 0 fully saturated rings. The lowest BCUT2D eigenvalue weighted by Crippen LogP contribution is -2.07. The predicted molar refractivity (Wildman–Crippen MR) is 69.0 cm³/mol. The molecule has 0 atom stereocenters. The molecule has 4 nitrogen and oxygen atoms in total. The number of benzene rings is 1. The van der Waals surface area contributed by atoms with Gasteiger partial charge in [-0.05, 0) is 28.1 Å². The Balaban J connectivity index is 2.14. The van der Waals surface area contributed by atoms with Crippen molar-refractivity contribution in [1.29, 1.82) is 0 Å². The summed E-state index contributed by atoms with van der Waals surface area (Å²) in [5.74, 6) is -0.341. The average molecular weight is 299 g/mol. The summed E-state index contributed by atoms with van der Waals surface area (Å²) in [6, 6.07) is 4.80. The van der Waals surface area contributed by atoms with Crippen molar-refractivity contribution in [3.63, 3.8) is 0 Å². The Labute approximate surface area is 107 Å². The molecule has 6 heteroatoms. The first-order valence-electron chi connectivity index (χ1n) is 5.03. The second kappa shape index (κ2) is 4.75. The topological polar surface area (TPSA) is 55.9 Å². The SMILES string of the molecule is Cn1nccc1CNc1cc(F)c(Br)cc1N. The van der Waals surface area contributed by atoms with E-state index in [1.807, 2.05) is 13.1 Å². The predicted octanol–water partition coefficient (Wildman–Crippen LogP) is 2.52. The molecule has 1 aromatic heterocycles. The van der Waals surface area contributed by atoms with Crippen molar-refractivity contribution < 1.29 is 4.39 Å². The molecule has 90 valence electrons. The number of aromatic nitrogens is 2. The summed E-state index contributed by atoms with van der Waals surface area (Å²) in [7, 11) is 1.85. The summed E-state index contributed by atoms with van der Waals surface area (Å²) >= 11 is 3.08. The summed E-state index contributed by atoms with van der Waals surface area (Å²) < 4.78 is 15.5. The van der Waals surface area contributed by atoms with Crippen molar-refractivity contribution in [3.8, 4) is 0 Å². The Morgan fingerprint density at radius 3 is 2.94 bits per heavy atom. The lowest BCUT2D eigenvalue weighted by molar-refractivity contribution is 0.621. The van der Waals surface area contributed by atoms with Crippen molar-refractivity contribution in [2.24, 2.45) is 7.05 Å². The minimum Gasteiger partial charge on any atom is -0.397 e. The van der Waals surface area contributed by atoms with Gasteiger partial charge in [0.25, 0.3) is 0 Å². The Bertz CT molecular complexity index is 538. The molecule has 0 unspecified atom stereocenters. The molecule has 0 radical (unpaired) electrons. The number of anilines is 2. The van der Waals surface area contributed by atoms with Gasteiger partial charge in [0.1, 0.15) is 5.82 Å². The molecule has 1 heterocycles. The molecule has 0 saturated heterocycles. The smallest absolute Gasteiger partial charge is 0.139 e. The Morgan fingerprint density at radius 2 is 2.29 bits per heavy atom. The number of nitrogen functional groups attached to an aromatic ring is 1. The third-order valence-electron chi connectivity index (χ3n) is 2.47. The molecule has 3 N–H and O–H groups in total. The monoisotopic (exact) mass is 298 g/mol. The minimum absolute atomic E-state index is 0.341. The fraction of sp³-hybridized carbons (Fsp3) is 0.182. The van der Waals surface area contributed by atoms with Crippen molar-refractivity contribution in [2.45, 2.75) is 6.54 Å². The van der Waals surface area contributed by atoms with E-state index in [1.165, 1.54) is 6.07 Å². The van der Waals surface area contributed by atoms with Gasteiger partial charge < -0.3 is 11.1 Å². The van der Waals surface area contributed by atoms with Gasteiger partial charge in [-0.2, -0.15) is 5.10 Å². The fourth-order valence-corrected chi connectivity index (χ4v) is 1.84. The molecule has 2 rings (SSSR count). The molecule has 1 aromatic carbocycles. The molecule has 17 heavy (non-hydrogen) atoms. The first kappa shape index (κ1) is 11.9. The van der Waals surface area contributed by atoms with Crippen LogP contribution in [0.2, 0.25) is 0 Å². The van der Waals surface area contributed by atoms with Gasteiger partial charge in [0.2, 0.25) is 0 Å². The first-order valence-corrected chi connectivity index (χ1v) is 5.82. The highest BCUT2D eigenvalue weighted by atomic mass is 79.9. The van der Waals surface area contributed by atoms with Crippen molar-refractivity contribution in [3.05, 3.63) is 40.4 Å². The highest BCUT2D eigenvalue weighted by Gasteiger charge is 2.06. The molecule has 0 spiro atoms. The van der Waals surface area contributed by atoms with Gasteiger partial charge in [-0.1, -0.05) is 0 Å². The molecule has 0 aliphatic rings. The normalized spacial score (nSPS) is 10.5. The number of aryl methyl sites for hydroxylation is 1. The van der Waals surface area contributed by atoms with Gasteiger partial charge >= 0.3 is 0 Å². The summed E-state index contributed by atoms with van der Waals surface area (Å²) in [6.45, 7) is 0.543. The lowest BCUT2D eigenvalue weighted by Gasteiger charge is -2.10. The standard InChI is InChI=1S/C11H12BrFN4/c1-17-7(2-3-16-17)6-15-11-5-9(13)8(12)4-10(11)14/h2-5,15H,6,14H2,1H3. The van der Waals surface area contributed by atoms with Crippen LogP contribution in [0.5, 0.6) is 0 Å². The van der Waals surface area contributed by atoms with Gasteiger partial charge in [0.05, 0.1) is 28.1 Å². The van der Waals surface area contributed by atoms with Crippen LogP contribution in [-0.4, -0.2) is 9.78 Å². The van der Waals surface area contributed by atoms with E-state index < -0.39 is 0 Å². The summed E-state index contributed by atoms with van der Waals surface area (Å²) in [6.07, 6.45) is 1.71. The van der Waals surface area contributed by atoms with Crippen molar-refractivity contribution >= 4 is 27.3 Å². The highest BCUT2D eigenvalue weighted by Crippen LogP contribution is 2.26. The number of halogens is 2. The lowest BCUT2D eigenvalue weighted by atomic mass is 10.2. The zero-order valence-corrected chi connectivity index (χ0v) is 10.8. The second-order valence-corrected chi connectivity index (χ2v) is 4.51. The van der Waals surface area contributed by atoms with Crippen LogP contribution in [0.3, 0.4) is 0 Å². The van der Waals surface area contributed by atoms with E-state index in [0.717, 1.165) is 5.69 Å². The van der Waals surface area contributed by atoms with E-state index in [0.29, 0.717) is 22.4 Å². The summed E-state index contributed by atoms with van der Waals surface area (Å²) in [5, 5.41) is 7.12. The van der Waals surface area contributed by atoms with E-state index in [1.54, 1.807) is 16.9 Å². The third-order valence-corrected chi connectivity index (χ3v) is 3.08. The first-order chi connectivity index (χ1) is 8.08. The van der Waals surface area contributed by atoms with E-state index in [9.17, 15) is 4.39 Å². The van der Waals surface area contributed by atoms with Gasteiger partial charge in [-0.15, -0.1) is 0 Å². The van der Waals surface area contributed by atoms with Crippen LogP contribution in [0.15, 0.2) is 28.9 Å². The maximum atomic E-state index is 13.3. The quantitative estimate of drug-likeness (QED) is 0.856. The molecular weight excluding hydrogens is 287 g/mol. The van der Waals surface area contributed by atoms with Crippen LogP contribution in [0.4, 0.5) is 15.8 Å².